The van der Waals surface area contributed by atoms with Gasteiger partial charge in [-0.05, 0) is 32.9 Å². The summed E-state index contributed by atoms with van der Waals surface area (Å²) in [4.78, 5) is 4.55. The SMILES string of the molecule is Cc1ccc(-c2noc(-c3cccn3Cc3c(C)noc3C)n2)cc1. The van der Waals surface area contributed by atoms with Crippen LogP contribution >= 0.6 is 0 Å². The first-order valence-electron chi connectivity index (χ1n) is 8.10. The minimum Gasteiger partial charge on any atom is -0.361 e. The molecule has 3 aromatic heterocycles. The molecule has 0 aliphatic heterocycles. The van der Waals surface area contributed by atoms with Crippen LogP contribution in [0.1, 0.15) is 22.6 Å². The summed E-state index contributed by atoms with van der Waals surface area (Å²) in [7, 11) is 0. The smallest absolute Gasteiger partial charge is 0.274 e. The Balaban J connectivity index is 1.66. The zero-order chi connectivity index (χ0) is 17.4. The van der Waals surface area contributed by atoms with Crippen LogP contribution in [0.2, 0.25) is 0 Å². The highest BCUT2D eigenvalue weighted by Crippen LogP contribution is 2.24. The van der Waals surface area contributed by atoms with E-state index >= 15 is 0 Å². The van der Waals surface area contributed by atoms with Gasteiger partial charge in [0.25, 0.3) is 5.89 Å². The van der Waals surface area contributed by atoms with Crippen molar-refractivity contribution in [3.05, 3.63) is 65.2 Å². The van der Waals surface area contributed by atoms with E-state index in [1.165, 1.54) is 5.56 Å². The van der Waals surface area contributed by atoms with Crippen LogP contribution in [0.4, 0.5) is 0 Å². The predicted molar refractivity (Wildman–Crippen MR) is 93.0 cm³/mol. The van der Waals surface area contributed by atoms with Crippen molar-refractivity contribution in [2.24, 2.45) is 0 Å². The van der Waals surface area contributed by atoms with Crippen LogP contribution in [-0.4, -0.2) is 19.9 Å². The number of aromatic nitrogens is 4. The quantitative estimate of drug-likeness (QED) is 0.560. The van der Waals surface area contributed by atoms with E-state index in [0.29, 0.717) is 18.3 Å². The third-order valence-corrected chi connectivity index (χ3v) is 4.29. The maximum Gasteiger partial charge on any atom is 0.274 e. The Morgan fingerprint density at radius 3 is 2.48 bits per heavy atom. The topological polar surface area (TPSA) is 69.9 Å². The average Bonchev–Trinajstić information content (AvgIpc) is 3.32. The lowest BCUT2D eigenvalue weighted by molar-refractivity contribution is 0.392. The number of hydrogen-bond donors (Lipinski definition) is 0. The fraction of sp³-hybridized carbons (Fsp3) is 0.211. The molecular formula is C19H18N4O2. The molecular weight excluding hydrogens is 316 g/mol. The van der Waals surface area contributed by atoms with E-state index < -0.39 is 0 Å². The summed E-state index contributed by atoms with van der Waals surface area (Å²) < 4.78 is 12.8. The average molecular weight is 334 g/mol. The molecule has 6 nitrogen and oxygen atoms in total. The Kier molecular flexibility index (Phi) is 3.72. The highest BCUT2D eigenvalue weighted by atomic mass is 16.5. The minimum atomic E-state index is 0.493. The van der Waals surface area contributed by atoms with Gasteiger partial charge in [-0.1, -0.05) is 40.1 Å². The molecule has 0 unspecified atom stereocenters. The van der Waals surface area contributed by atoms with Gasteiger partial charge in [0.1, 0.15) is 11.5 Å². The van der Waals surface area contributed by atoms with Crippen LogP contribution in [0.3, 0.4) is 0 Å². The standard InChI is InChI=1S/C19H18N4O2/c1-12-6-8-15(9-7-12)18-20-19(25-22-18)17-5-4-10-23(17)11-16-13(2)21-24-14(16)3/h4-10H,11H2,1-3H3. The molecule has 6 heteroatoms. The van der Waals surface area contributed by atoms with Crippen LogP contribution < -0.4 is 0 Å². The molecule has 0 saturated carbocycles. The molecule has 126 valence electrons. The minimum absolute atomic E-state index is 0.493. The molecule has 0 bridgehead atoms. The Labute approximate surface area is 145 Å². The van der Waals surface area contributed by atoms with Crippen LogP contribution in [0.25, 0.3) is 23.0 Å². The van der Waals surface area contributed by atoms with Gasteiger partial charge in [0.05, 0.1) is 12.2 Å². The lowest BCUT2D eigenvalue weighted by Crippen LogP contribution is -2.02. The van der Waals surface area contributed by atoms with Gasteiger partial charge in [-0.2, -0.15) is 4.98 Å². The van der Waals surface area contributed by atoms with Crippen molar-refractivity contribution < 1.29 is 9.05 Å². The highest BCUT2D eigenvalue weighted by Gasteiger charge is 2.16. The van der Waals surface area contributed by atoms with Crippen LogP contribution in [0.15, 0.2) is 51.6 Å². The number of nitrogens with zero attached hydrogens (tertiary/aromatic N) is 4. The van der Waals surface area contributed by atoms with Crippen molar-refractivity contribution in [3.8, 4) is 23.0 Å². The summed E-state index contributed by atoms with van der Waals surface area (Å²) in [6, 6.07) is 12.0. The third kappa shape index (κ3) is 2.87. The van der Waals surface area contributed by atoms with Crippen LogP contribution in [0.5, 0.6) is 0 Å². The Morgan fingerprint density at radius 2 is 1.76 bits per heavy atom. The zero-order valence-corrected chi connectivity index (χ0v) is 14.4. The number of hydrogen-bond acceptors (Lipinski definition) is 5. The Bertz CT molecular complexity index is 989. The Morgan fingerprint density at radius 1 is 0.960 bits per heavy atom. The molecule has 0 aliphatic rings. The first-order chi connectivity index (χ1) is 12.1. The van der Waals surface area contributed by atoms with Crippen molar-refractivity contribution in [1.29, 1.82) is 0 Å². The summed E-state index contributed by atoms with van der Waals surface area (Å²) in [6.45, 7) is 6.55. The molecule has 0 amide bonds. The molecule has 0 saturated heterocycles. The van der Waals surface area contributed by atoms with E-state index in [-0.39, 0.29) is 0 Å². The second-order valence-corrected chi connectivity index (χ2v) is 6.11. The van der Waals surface area contributed by atoms with Gasteiger partial charge in [-0.15, -0.1) is 0 Å². The van der Waals surface area contributed by atoms with Gasteiger partial charge in [0, 0.05) is 17.3 Å². The molecule has 1 aromatic carbocycles. The lowest BCUT2D eigenvalue weighted by atomic mass is 10.1. The second-order valence-electron chi connectivity index (χ2n) is 6.11. The third-order valence-electron chi connectivity index (χ3n) is 4.29. The van der Waals surface area contributed by atoms with Gasteiger partial charge in [-0.25, -0.2) is 0 Å². The van der Waals surface area contributed by atoms with E-state index in [1.54, 1.807) is 0 Å². The number of rotatable bonds is 4. The summed E-state index contributed by atoms with van der Waals surface area (Å²) in [5.41, 5.74) is 4.95. The van der Waals surface area contributed by atoms with Gasteiger partial charge >= 0.3 is 0 Å². The maximum absolute atomic E-state index is 5.49. The fourth-order valence-corrected chi connectivity index (χ4v) is 2.79. The van der Waals surface area contributed by atoms with Crippen molar-refractivity contribution in [1.82, 2.24) is 19.9 Å². The van der Waals surface area contributed by atoms with E-state index in [2.05, 4.69) is 19.9 Å². The van der Waals surface area contributed by atoms with Gasteiger partial charge in [0.2, 0.25) is 5.82 Å². The summed E-state index contributed by atoms with van der Waals surface area (Å²) in [5.74, 6) is 1.90. The highest BCUT2D eigenvalue weighted by molar-refractivity contribution is 5.58. The fourth-order valence-electron chi connectivity index (χ4n) is 2.79. The van der Waals surface area contributed by atoms with E-state index in [0.717, 1.165) is 28.3 Å². The van der Waals surface area contributed by atoms with E-state index in [9.17, 15) is 0 Å². The van der Waals surface area contributed by atoms with Gasteiger partial charge in [-0.3, -0.25) is 0 Å². The van der Waals surface area contributed by atoms with E-state index in [4.69, 9.17) is 9.05 Å². The van der Waals surface area contributed by atoms with Crippen molar-refractivity contribution in [2.75, 3.05) is 0 Å². The molecule has 25 heavy (non-hydrogen) atoms. The molecule has 3 heterocycles. The molecule has 4 aromatic rings. The first-order valence-corrected chi connectivity index (χ1v) is 8.10. The maximum atomic E-state index is 5.49. The molecule has 0 aliphatic carbocycles. The molecule has 0 atom stereocenters. The number of aryl methyl sites for hydroxylation is 3. The summed E-state index contributed by atoms with van der Waals surface area (Å²) in [5, 5.41) is 8.13. The van der Waals surface area contributed by atoms with Gasteiger partial charge in [0.15, 0.2) is 0 Å². The predicted octanol–water partition coefficient (Wildman–Crippen LogP) is 4.17. The molecule has 0 spiro atoms. The second kappa shape index (κ2) is 6.05. The van der Waals surface area contributed by atoms with E-state index in [1.807, 2.05) is 63.4 Å². The van der Waals surface area contributed by atoms with Crippen LogP contribution in [0, 0.1) is 20.8 Å². The van der Waals surface area contributed by atoms with Crippen molar-refractivity contribution >= 4 is 0 Å². The molecule has 0 fully saturated rings. The lowest BCUT2D eigenvalue weighted by Gasteiger charge is -2.05. The largest absolute Gasteiger partial charge is 0.361 e. The van der Waals surface area contributed by atoms with Crippen LogP contribution in [-0.2, 0) is 6.54 Å². The van der Waals surface area contributed by atoms with Crippen molar-refractivity contribution in [3.63, 3.8) is 0 Å². The Hall–Kier alpha value is -3.15. The number of benzene rings is 1. The summed E-state index contributed by atoms with van der Waals surface area (Å²) in [6.07, 6.45) is 1.98. The molecule has 4 rings (SSSR count). The molecule has 0 N–H and O–H groups in total. The summed E-state index contributed by atoms with van der Waals surface area (Å²) >= 11 is 0. The first kappa shape index (κ1) is 15.4. The zero-order valence-electron chi connectivity index (χ0n) is 14.4. The molecule has 0 radical (unpaired) electrons. The van der Waals surface area contributed by atoms with Crippen molar-refractivity contribution in [2.45, 2.75) is 27.3 Å². The normalized spacial score (nSPS) is 11.2. The van der Waals surface area contributed by atoms with Gasteiger partial charge < -0.3 is 13.6 Å². The monoisotopic (exact) mass is 334 g/mol.